The second-order valence-corrected chi connectivity index (χ2v) is 11.2. The lowest BCUT2D eigenvalue weighted by atomic mass is 9.99. The molecule has 1 fully saturated rings. The van der Waals surface area contributed by atoms with E-state index in [2.05, 4.69) is 26.6 Å². The molecule has 1 aromatic heterocycles. The standard InChI is InChI=1S/C34H35FN4O5/c1-42-31-7-5-22-6-8-33(40)37-17-23-13-26(35)16-27(14-23)44-30-10-12-39(20-29(30)38-34(41)21-43-32(31)15-22)19-25-4-2-3-24-18-36-11-9-28(24)25/h2-5,7,9,11,13-16,18,29-30H,6,8,10,12,17,19-21H2,1H3,(H,37,40)(H,38,41)/t29-,30-/m1/s1. The molecule has 6 rings (SSSR count). The molecule has 2 atom stereocenters. The molecule has 2 aliphatic rings. The van der Waals surface area contributed by atoms with Gasteiger partial charge >= 0.3 is 0 Å². The molecule has 10 heteroatoms. The Kier molecular flexibility index (Phi) is 8.88. The highest BCUT2D eigenvalue weighted by Crippen LogP contribution is 2.29. The number of piperidine rings is 1. The summed E-state index contributed by atoms with van der Waals surface area (Å²) in [5, 5.41) is 8.20. The topological polar surface area (TPSA) is 102 Å². The first-order valence-corrected chi connectivity index (χ1v) is 14.8. The van der Waals surface area contributed by atoms with Crippen molar-refractivity contribution in [2.45, 2.75) is 44.5 Å². The zero-order valence-corrected chi connectivity index (χ0v) is 24.6. The van der Waals surface area contributed by atoms with Gasteiger partial charge in [0.15, 0.2) is 18.1 Å². The third-order valence-corrected chi connectivity index (χ3v) is 8.08. The number of aryl methyl sites for hydroxylation is 1. The van der Waals surface area contributed by atoms with E-state index in [0.717, 1.165) is 22.9 Å². The van der Waals surface area contributed by atoms with Gasteiger partial charge in [0.2, 0.25) is 5.91 Å². The van der Waals surface area contributed by atoms with Crippen molar-refractivity contribution in [2.75, 3.05) is 26.8 Å². The Morgan fingerprint density at radius 1 is 1.05 bits per heavy atom. The number of rotatable bonds is 3. The van der Waals surface area contributed by atoms with Crippen LogP contribution in [0.25, 0.3) is 10.8 Å². The highest BCUT2D eigenvalue weighted by atomic mass is 19.1. The maximum Gasteiger partial charge on any atom is 0.258 e. The second kappa shape index (κ2) is 13.3. The van der Waals surface area contributed by atoms with Crippen molar-refractivity contribution in [2.24, 2.45) is 0 Å². The van der Waals surface area contributed by atoms with E-state index >= 15 is 0 Å². The third-order valence-electron chi connectivity index (χ3n) is 8.08. The summed E-state index contributed by atoms with van der Waals surface area (Å²) in [5.74, 6) is 0.348. The van der Waals surface area contributed by atoms with Crippen LogP contribution in [0, 0.1) is 5.82 Å². The zero-order valence-electron chi connectivity index (χ0n) is 24.6. The minimum Gasteiger partial charge on any atom is -0.493 e. The first-order valence-electron chi connectivity index (χ1n) is 14.8. The van der Waals surface area contributed by atoms with Crippen LogP contribution in [0.1, 0.15) is 29.5 Å². The summed E-state index contributed by atoms with van der Waals surface area (Å²) >= 11 is 0. The fourth-order valence-corrected chi connectivity index (χ4v) is 5.88. The number of ether oxygens (including phenoxy) is 3. The lowest BCUT2D eigenvalue weighted by Crippen LogP contribution is -2.57. The summed E-state index contributed by atoms with van der Waals surface area (Å²) in [7, 11) is 1.54. The molecule has 0 saturated carbocycles. The summed E-state index contributed by atoms with van der Waals surface area (Å²) in [6.07, 6.45) is 4.54. The van der Waals surface area contributed by atoms with Gasteiger partial charge in [-0.3, -0.25) is 19.5 Å². The van der Waals surface area contributed by atoms with Crippen molar-refractivity contribution < 1.29 is 28.2 Å². The monoisotopic (exact) mass is 598 g/mol. The van der Waals surface area contributed by atoms with Crippen LogP contribution in [-0.4, -0.2) is 60.7 Å². The zero-order chi connectivity index (χ0) is 30.5. The lowest BCUT2D eigenvalue weighted by Gasteiger charge is -2.39. The molecule has 4 aromatic rings. The van der Waals surface area contributed by atoms with Crippen molar-refractivity contribution in [3.63, 3.8) is 0 Å². The minimum atomic E-state index is -0.455. The molecule has 228 valence electrons. The molecule has 2 N–H and O–H groups in total. The van der Waals surface area contributed by atoms with Gasteiger partial charge in [-0.15, -0.1) is 0 Å². The van der Waals surface area contributed by atoms with Crippen molar-refractivity contribution in [3.8, 4) is 17.2 Å². The maximum atomic E-state index is 14.6. The molecule has 0 radical (unpaired) electrons. The van der Waals surface area contributed by atoms with Gasteiger partial charge in [0.1, 0.15) is 17.7 Å². The van der Waals surface area contributed by atoms with E-state index in [4.69, 9.17) is 14.2 Å². The number of aromatic nitrogens is 1. The van der Waals surface area contributed by atoms with Crippen LogP contribution in [0.4, 0.5) is 4.39 Å². The number of pyridine rings is 1. The first-order chi connectivity index (χ1) is 21.4. The van der Waals surface area contributed by atoms with Crippen LogP contribution >= 0.6 is 0 Å². The number of hydrogen-bond donors (Lipinski definition) is 2. The number of fused-ring (bicyclic) bond motifs is 6. The smallest absolute Gasteiger partial charge is 0.258 e. The van der Waals surface area contributed by atoms with E-state index in [1.807, 2.05) is 30.5 Å². The predicted molar refractivity (Wildman–Crippen MR) is 163 cm³/mol. The lowest BCUT2D eigenvalue weighted by molar-refractivity contribution is -0.125. The molecule has 4 bridgehead atoms. The highest BCUT2D eigenvalue weighted by Gasteiger charge is 2.33. The molecule has 0 spiro atoms. The van der Waals surface area contributed by atoms with Gasteiger partial charge in [-0.2, -0.15) is 0 Å². The highest BCUT2D eigenvalue weighted by molar-refractivity contribution is 5.84. The Bertz CT molecular complexity index is 1660. The van der Waals surface area contributed by atoms with Crippen LogP contribution in [-0.2, 0) is 29.1 Å². The van der Waals surface area contributed by atoms with Gasteiger partial charge in [0, 0.05) is 56.4 Å². The number of nitrogens with one attached hydrogen (secondary N) is 2. The SMILES string of the molecule is COc1ccc2cc1OCC(=O)N[C@@H]1CN(Cc3cccc4cnccc34)CC[C@H]1Oc1cc(F)cc(c1)CNC(=O)CC2. The number of amides is 2. The number of carbonyl (C=O) groups is 2. The number of nitrogens with zero attached hydrogens (tertiary/aromatic N) is 2. The Balaban J connectivity index is 1.26. The van der Waals surface area contributed by atoms with Crippen molar-refractivity contribution in [1.82, 2.24) is 20.5 Å². The van der Waals surface area contributed by atoms with E-state index in [0.29, 0.717) is 48.7 Å². The van der Waals surface area contributed by atoms with Crippen LogP contribution in [0.2, 0.25) is 0 Å². The van der Waals surface area contributed by atoms with E-state index in [9.17, 15) is 14.0 Å². The quantitative estimate of drug-likeness (QED) is 0.365. The molecule has 3 aromatic carbocycles. The third kappa shape index (κ3) is 7.08. The van der Waals surface area contributed by atoms with E-state index < -0.39 is 18.0 Å². The Morgan fingerprint density at radius 3 is 2.84 bits per heavy atom. The summed E-state index contributed by atoms with van der Waals surface area (Å²) in [6.45, 7) is 1.87. The number of halogens is 1. The number of likely N-dealkylation sites (tertiary alicyclic amines) is 1. The van der Waals surface area contributed by atoms with Gasteiger partial charge in [0.25, 0.3) is 5.91 Å². The summed E-state index contributed by atoms with van der Waals surface area (Å²) < 4.78 is 32.3. The van der Waals surface area contributed by atoms with Gasteiger partial charge in [-0.25, -0.2) is 4.39 Å². The molecular formula is C34H35FN4O5. The van der Waals surface area contributed by atoms with Crippen molar-refractivity contribution in [3.05, 3.63) is 95.6 Å². The second-order valence-electron chi connectivity index (χ2n) is 11.2. The number of benzene rings is 3. The van der Waals surface area contributed by atoms with Crippen LogP contribution in [0.15, 0.2) is 73.1 Å². The van der Waals surface area contributed by atoms with E-state index in [1.165, 1.54) is 24.8 Å². The fourth-order valence-electron chi connectivity index (χ4n) is 5.88. The molecule has 0 unspecified atom stereocenters. The fraction of sp³-hybridized carbons (Fsp3) is 0.324. The van der Waals surface area contributed by atoms with Gasteiger partial charge < -0.3 is 24.8 Å². The van der Waals surface area contributed by atoms with Gasteiger partial charge in [-0.05, 0) is 65.3 Å². The van der Waals surface area contributed by atoms with E-state index in [-0.39, 0.29) is 31.4 Å². The average Bonchev–Trinajstić information content (AvgIpc) is 3.02. The molecule has 44 heavy (non-hydrogen) atoms. The number of hydrogen-bond acceptors (Lipinski definition) is 7. The summed E-state index contributed by atoms with van der Waals surface area (Å²) in [6, 6.07) is 17.7. The van der Waals surface area contributed by atoms with Gasteiger partial charge in [0.05, 0.1) is 13.2 Å². The van der Waals surface area contributed by atoms with Crippen molar-refractivity contribution >= 4 is 22.6 Å². The maximum absolute atomic E-state index is 14.6. The Labute approximate surface area is 255 Å². The molecule has 2 aliphatic heterocycles. The molecular weight excluding hydrogens is 563 g/mol. The minimum absolute atomic E-state index is 0.162. The average molecular weight is 599 g/mol. The van der Waals surface area contributed by atoms with Crippen LogP contribution in [0.3, 0.4) is 0 Å². The molecule has 0 aliphatic carbocycles. The van der Waals surface area contributed by atoms with Crippen molar-refractivity contribution in [1.29, 1.82) is 0 Å². The first kappa shape index (κ1) is 29.4. The normalized spacial score (nSPS) is 19.8. The Hall–Kier alpha value is -4.70. The van der Waals surface area contributed by atoms with Gasteiger partial charge in [-0.1, -0.05) is 24.3 Å². The molecule has 3 heterocycles. The molecule has 1 saturated heterocycles. The van der Waals surface area contributed by atoms with Crippen LogP contribution in [0.5, 0.6) is 17.2 Å². The summed E-state index contributed by atoms with van der Waals surface area (Å²) in [5.41, 5.74) is 2.63. The summed E-state index contributed by atoms with van der Waals surface area (Å²) in [4.78, 5) is 32.4. The molecule has 2 amide bonds. The Morgan fingerprint density at radius 2 is 1.95 bits per heavy atom. The molecule has 9 nitrogen and oxygen atoms in total. The predicted octanol–water partition coefficient (Wildman–Crippen LogP) is 4.16. The largest absolute Gasteiger partial charge is 0.493 e. The number of methoxy groups -OCH3 is 1. The van der Waals surface area contributed by atoms with E-state index in [1.54, 1.807) is 24.4 Å². The number of carbonyl (C=O) groups excluding carboxylic acids is 2. The van der Waals surface area contributed by atoms with Crippen LogP contribution < -0.4 is 24.8 Å².